The Morgan fingerprint density at radius 2 is 0.483 bits per heavy atom. The van der Waals surface area contributed by atoms with Gasteiger partial charge in [-0.2, -0.15) is 0 Å². The molecule has 4 N–H and O–H groups in total. The van der Waals surface area contributed by atoms with Gasteiger partial charge < -0.3 is 20.4 Å². The zero-order valence-electron chi connectivity index (χ0n) is 21.7. The molecule has 0 aliphatic heterocycles. The van der Waals surface area contributed by atoms with Crippen molar-refractivity contribution in [1.82, 2.24) is 0 Å². The molecule has 0 radical (unpaired) electrons. The molecule has 0 saturated heterocycles. The Morgan fingerprint density at radius 1 is 0.379 bits per heavy atom. The second-order valence-corrected chi connectivity index (χ2v) is 8.88. The molecule has 0 spiro atoms. The van der Waals surface area contributed by atoms with Crippen molar-refractivity contribution >= 4 is 0 Å². The topological polar surface area (TPSA) is 80.9 Å². The van der Waals surface area contributed by atoms with Crippen LogP contribution in [-0.2, 0) is 26.2 Å². The minimum absolute atomic E-state index is 0. The summed E-state index contributed by atoms with van der Waals surface area (Å²) >= 11 is 0. The Bertz CT molecular complexity index is 228. The van der Waals surface area contributed by atoms with Gasteiger partial charge in [-0.05, 0) is 49.4 Å². The predicted octanol–water partition coefficient (Wildman–Crippen LogP) is 5.65. The second-order valence-electron chi connectivity index (χ2n) is 8.88. The van der Waals surface area contributed by atoms with Crippen molar-refractivity contribution < 1.29 is 46.6 Å². The van der Waals surface area contributed by atoms with E-state index in [1.807, 2.05) is 83.1 Å². The van der Waals surface area contributed by atoms with Crippen molar-refractivity contribution in [2.45, 2.75) is 133 Å². The summed E-state index contributed by atoms with van der Waals surface area (Å²) < 4.78 is 0. The zero-order valence-corrected chi connectivity index (χ0v) is 24.2. The van der Waals surface area contributed by atoms with Crippen LogP contribution in [0.2, 0.25) is 0 Å². The van der Waals surface area contributed by atoms with Crippen molar-refractivity contribution in [2.75, 3.05) is 0 Å². The van der Waals surface area contributed by atoms with Gasteiger partial charge in [0, 0.05) is 26.2 Å². The van der Waals surface area contributed by atoms with Crippen LogP contribution in [-0.4, -0.2) is 44.8 Å². The van der Waals surface area contributed by atoms with E-state index >= 15 is 0 Å². The van der Waals surface area contributed by atoms with Gasteiger partial charge >= 0.3 is 0 Å². The molecule has 4 atom stereocenters. The maximum absolute atomic E-state index is 8.94. The van der Waals surface area contributed by atoms with Gasteiger partial charge in [0.05, 0.1) is 24.4 Å². The van der Waals surface area contributed by atoms with Crippen LogP contribution in [0.5, 0.6) is 0 Å². The van der Waals surface area contributed by atoms with Gasteiger partial charge in [-0.25, -0.2) is 0 Å². The van der Waals surface area contributed by atoms with Crippen molar-refractivity contribution in [3.8, 4) is 0 Å². The molecule has 0 aliphatic carbocycles. The summed E-state index contributed by atoms with van der Waals surface area (Å²) in [5, 5.41) is 35.7. The third-order valence-corrected chi connectivity index (χ3v) is 4.75. The molecule has 5 heteroatoms. The summed E-state index contributed by atoms with van der Waals surface area (Å²) in [6, 6.07) is 0. The van der Waals surface area contributed by atoms with E-state index in [2.05, 4.69) is 0 Å². The minimum atomic E-state index is -0.0972. The average molecular weight is 500 g/mol. The molecule has 0 fully saturated rings. The van der Waals surface area contributed by atoms with Gasteiger partial charge in [0.2, 0.25) is 0 Å². The predicted molar refractivity (Wildman–Crippen MR) is 125 cm³/mol. The Kier molecular flexibility index (Phi) is 37.0. The van der Waals surface area contributed by atoms with E-state index < -0.39 is 0 Å². The molecule has 4 unspecified atom stereocenters. The van der Waals surface area contributed by atoms with Crippen molar-refractivity contribution in [1.29, 1.82) is 0 Å². The van der Waals surface area contributed by atoms with Crippen LogP contribution >= 0.6 is 0 Å². The molecule has 0 aliphatic rings. The van der Waals surface area contributed by atoms with Gasteiger partial charge in [-0.1, -0.05) is 83.1 Å². The Balaban J connectivity index is -0.0000000873. The molecule has 4 nitrogen and oxygen atoms in total. The number of aliphatic hydroxyl groups is 4. The van der Waals surface area contributed by atoms with Crippen LogP contribution < -0.4 is 0 Å². The first-order valence-corrected chi connectivity index (χ1v) is 11.4. The van der Waals surface area contributed by atoms with E-state index in [9.17, 15) is 0 Å². The van der Waals surface area contributed by atoms with Crippen LogP contribution in [0.3, 0.4) is 0 Å². The van der Waals surface area contributed by atoms with Gasteiger partial charge in [0.25, 0.3) is 0 Å². The molecular weight excluding hydrogens is 443 g/mol. The Hall–Kier alpha value is 0.723. The van der Waals surface area contributed by atoms with Crippen molar-refractivity contribution in [3.63, 3.8) is 0 Å². The molecule has 0 bridgehead atoms. The fourth-order valence-electron chi connectivity index (χ4n) is 1.89. The number of hydrogen-bond acceptors (Lipinski definition) is 4. The van der Waals surface area contributed by atoms with Crippen molar-refractivity contribution in [2.24, 2.45) is 23.7 Å². The first kappa shape index (κ1) is 40.1. The van der Waals surface area contributed by atoms with E-state index in [4.69, 9.17) is 20.4 Å². The molecule has 0 saturated carbocycles. The number of hydrogen-bond donors (Lipinski definition) is 4. The van der Waals surface area contributed by atoms with E-state index in [1.54, 1.807) is 0 Å². The molecule has 180 valence electrons. The smallest absolute Gasteiger partial charge is 0.0560 e. The fourth-order valence-corrected chi connectivity index (χ4v) is 1.89. The standard InChI is InChI=1S/4C6H14O.Zr/c4*1-4-6(7)5(2)3;/h4*5-7H,4H2,1-3H3;. The van der Waals surface area contributed by atoms with Crippen LogP contribution in [0.1, 0.15) is 109 Å². The van der Waals surface area contributed by atoms with E-state index in [0.29, 0.717) is 23.7 Å². The first-order valence-electron chi connectivity index (χ1n) is 11.4. The van der Waals surface area contributed by atoms with Crippen LogP contribution in [0.4, 0.5) is 0 Å². The second kappa shape index (κ2) is 26.8. The molecule has 0 aromatic rings. The van der Waals surface area contributed by atoms with Gasteiger partial charge in [-0.15, -0.1) is 0 Å². The number of rotatable bonds is 8. The fraction of sp³-hybridized carbons (Fsp3) is 1.00. The van der Waals surface area contributed by atoms with Crippen LogP contribution in [0.25, 0.3) is 0 Å². The normalized spacial score (nSPS) is 14.5. The largest absolute Gasteiger partial charge is 0.393 e. The first-order chi connectivity index (χ1) is 12.7. The van der Waals surface area contributed by atoms with E-state index in [0.717, 1.165) is 25.7 Å². The molecule has 0 aromatic heterocycles. The molecule has 29 heavy (non-hydrogen) atoms. The molecule has 0 heterocycles. The van der Waals surface area contributed by atoms with Gasteiger partial charge in [0.1, 0.15) is 0 Å². The summed E-state index contributed by atoms with van der Waals surface area (Å²) in [6.07, 6.45) is 3.10. The Morgan fingerprint density at radius 3 is 0.483 bits per heavy atom. The molecule has 0 aromatic carbocycles. The van der Waals surface area contributed by atoms with E-state index in [-0.39, 0.29) is 50.6 Å². The SMILES string of the molecule is CCC(O)C(C)C.CCC(O)C(C)C.CCC(O)C(C)C.CCC(O)C(C)C.[Zr]. The maximum Gasteiger partial charge on any atom is 0.0560 e. The molecule has 0 rings (SSSR count). The summed E-state index contributed by atoms with van der Waals surface area (Å²) in [5.74, 6) is 1.69. The summed E-state index contributed by atoms with van der Waals surface area (Å²) in [4.78, 5) is 0. The zero-order chi connectivity index (χ0) is 23.4. The van der Waals surface area contributed by atoms with Crippen LogP contribution in [0.15, 0.2) is 0 Å². The minimum Gasteiger partial charge on any atom is -0.393 e. The van der Waals surface area contributed by atoms with Crippen molar-refractivity contribution in [3.05, 3.63) is 0 Å². The Labute approximate surface area is 203 Å². The molecule has 0 amide bonds. The third kappa shape index (κ3) is 33.6. The van der Waals surface area contributed by atoms with Gasteiger partial charge in [0.15, 0.2) is 0 Å². The molecular formula is C24H56O4Zr. The average Bonchev–Trinajstić information content (AvgIpc) is 2.66. The quantitative estimate of drug-likeness (QED) is 0.348. The summed E-state index contributed by atoms with van der Waals surface area (Å²) in [6.45, 7) is 24.1. The summed E-state index contributed by atoms with van der Waals surface area (Å²) in [5.41, 5.74) is 0. The monoisotopic (exact) mass is 498 g/mol. The maximum atomic E-state index is 8.94. The van der Waals surface area contributed by atoms with Gasteiger partial charge in [-0.3, -0.25) is 0 Å². The third-order valence-electron chi connectivity index (χ3n) is 4.75. The summed E-state index contributed by atoms with van der Waals surface area (Å²) in [7, 11) is 0. The van der Waals surface area contributed by atoms with Crippen LogP contribution in [0, 0.1) is 23.7 Å². The number of aliphatic hydroxyl groups excluding tert-OH is 4. The van der Waals surface area contributed by atoms with E-state index in [1.165, 1.54) is 0 Å².